The Morgan fingerprint density at radius 3 is 2.71 bits per heavy atom. The summed E-state index contributed by atoms with van der Waals surface area (Å²) in [6.45, 7) is 10.8. The van der Waals surface area contributed by atoms with Crippen LogP contribution in [0.1, 0.15) is 37.9 Å². The van der Waals surface area contributed by atoms with Gasteiger partial charge in [0.15, 0.2) is 0 Å². The number of aromatic nitrogens is 1. The number of aryl methyl sites for hydroxylation is 1. The normalized spacial score (nSPS) is 12.0. The predicted octanol–water partition coefficient (Wildman–Crippen LogP) is 2.98. The molecule has 3 heteroatoms. The van der Waals surface area contributed by atoms with Crippen LogP contribution in [0.5, 0.6) is 0 Å². The molecule has 0 fully saturated rings. The fourth-order valence-corrected chi connectivity index (χ4v) is 1.76. The van der Waals surface area contributed by atoms with Gasteiger partial charge in [0.05, 0.1) is 10.7 Å². The van der Waals surface area contributed by atoms with Crippen molar-refractivity contribution in [2.24, 2.45) is 5.41 Å². The van der Waals surface area contributed by atoms with E-state index in [1.54, 1.807) is 11.3 Å². The maximum absolute atomic E-state index is 4.41. The Labute approximate surface area is 90.8 Å². The smallest absolute Gasteiger partial charge is 0.0897 e. The Bertz CT molecular complexity index is 279. The zero-order valence-corrected chi connectivity index (χ0v) is 10.4. The minimum Gasteiger partial charge on any atom is -0.311 e. The average Bonchev–Trinajstić information content (AvgIpc) is 2.51. The van der Waals surface area contributed by atoms with Gasteiger partial charge in [0.2, 0.25) is 0 Å². The van der Waals surface area contributed by atoms with Gasteiger partial charge in [0.1, 0.15) is 0 Å². The van der Waals surface area contributed by atoms with E-state index in [0.29, 0.717) is 5.41 Å². The maximum Gasteiger partial charge on any atom is 0.0897 e. The largest absolute Gasteiger partial charge is 0.311 e. The van der Waals surface area contributed by atoms with Gasteiger partial charge in [-0.05, 0) is 18.8 Å². The lowest BCUT2D eigenvalue weighted by Gasteiger charge is -2.22. The Hall–Kier alpha value is -0.410. The zero-order valence-electron chi connectivity index (χ0n) is 9.55. The molecule has 0 radical (unpaired) electrons. The molecule has 0 saturated heterocycles. The molecule has 1 aromatic rings. The second-order valence-electron chi connectivity index (χ2n) is 4.48. The third-order valence-corrected chi connectivity index (χ3v) is 3.36. The molecule has 0 spiro atoms. The van der Waals surface area contributed by atoms with Gasteiger partial charge in [-0.1, -0.05) is 20.8 Å². The summed E-state index contributed by atoms with van der Waals surface area (Å²) in [7, 11) is 0. The second-order valence-corrected chi connectivity index (χ2v) is 5.54. The van der Waals surface area contributed by atoms with Crippen molar-refractivity contribution in [3.05, 3.63) is 16.1 Å². The van der Waals surface area contributed by atoms with Crippen molar-refractivity contribution in [3.8, 4) is 0 Å². The summed E-state index contributed by atoms with van der Waals surface area (Å²) in [6.07, 6.45) is 1.20. The van der Waals surface area contributed by atoms with E-state index in [1.807, 2.05) is 6.92 Å². The molecule has 14 heavy (non-hydrogen) atoms. The molecule has 1 rings (SSSR count). The van der Waals surface area contributed by atoms with E-state index < -0.39 is 0 Å². The lowest BCUT2D eigenvalue weighted by Crippen LogP contribution is -2.28. The number of hydrogen-bond donors (Lipinski definition) is 1. The van der Waals surface area contributed by atoms with E-state index in [9.17, 15) is 0 Å². The van der Waals surface area contributed by atoms with Crippen molar-refractivity contribution >= 4 is 11.3 Å². The van der Waals surface area contributed by atoms with E-state index in [0.717, 1.165) is 18.1 Å². The first kappa shape index (κ1) is 11.7. The van der Waals surface area contributed by atoms with E-state index in [1.165, 1.54) is 12.1 Å². The lowest BCUT2D eigenvalue weighted by molar-refractivity contribution is 0.327. The molecule has 0 atom stereocenters. The summed E-state index contributed by atoms with van der Waals surface area (Å²) in [6, 6.07) is 0. The lowest BCUT2D eigenvalue weighted by atomic mass is 9.90. The van der Waals surface area contributed by atoms with Gasteiger partial charge in [-0.3, -0.25) is 0 Å². The SMILES string of the molecule is CCC(C)(C)CNCc1csc(C)n1. The van der Waals surface area contributed by atoms with Crippen molar-refractivity contribution in [1.29, 1.82) is 0 Å². The van der Waals surface area contributed by atoms with Crippen molar-refractivity contribution in [2.75, 3.05) is 6.54 Å². The van der Waals surface area contributed by atoms with Crippen LogP contribution >= 0.6 is 11.3 Å². The van der Waals surface area contributed by atoms with Crippen LogP contribution in [-0.2, 0) is 6.54 Å². The highest BCUT2D eigenvalue weighted by Crippen LogP contribution is 2.18. The summed E-state index contributed by atoms with van der Waals surface area (Å²) in [5.74, 6) is 0. The van der Waals surface area contributed by atoms with E-state index >= 15 is 0 Å². The van der Waals surface area contributed by atoms with Gasteiger partial charge in [0.25, 0.3) is 0 Å². The fraction of sp³-hybridized carbons (Fsp3) is 0.727. The van der Waals surface area contributed by atoms with Crippen LogP contribution in [0.15, 0.2) is 5.38 Å². The van der Waals surface area contributed by atoms with Gasteiger partial charge >= 0.3 is 0 Å². The van der Waals surface area contributed by atoms with Crippen molar-refractivity contribution < 1.29 is 0 Å². The second kappa shape index (κ2) is 4.89. The first-order chi connectivity index (χ1) is 6.53. The minimum absolute atomic E-state index is 0.394. The highest BCUT2D eigenvalue weighted by Gasteiger charge is 2.13. The molecule has 0 saturated carbocycles. The van der Waals surface area contributed by atoms with E-state index in [-0.39, 0.29) is 0 Å². The van der Waals surface area contributed by atoms with Gasteiger partial charge in [-0.25, -0.2) is 4.98 Å². The third-order valence-electron chi connectivity index (χ3n) is 2.53. The van der Waals surface area contributed by atoms with Gasteiger partial charge in [-0.15, -0.1) is 11.3 Å². The first-order valence-corrected chi connectivity index (χ1v) is 6.03. The fourth-order valence-electron chi connectivity index (χ4n) is 1.14. The van der Waals surface area contributed by atoms with Crippen molar-refractivity contribution in [2.45, 2.75) is 40.7 Å². The number of rotatable bonds is 5. The van der Waals surface area contributed by atoms with Gasteiger partial charge < -0.3 is 5.32 Å². The average molecular weight is 212 g/mol. The number of nitrogens with one attached hydrogen (secondary N) is 1. The third kappa shape index (κ3) is 3.76. The molecule has 0 bridgehead atoms. The zero-order chi connectivity index (χ0) is 10.6. The quantitative estimate of drug-likeness (QED) is 0.811. The summed E-state index contributed by atoms with van der Waals surface area (Å²) < 4.78 is 0. The molecular formula is C11H20N2S. The Morgan fingerprint density at radius 2 is 2.21 bits per heavy atom. The van der Waals surface area contributed by atoms with Crippen LogP contribution in [0.4, 0.5) is 0 Å². The van der Waals surface area contributed by atoms with Crippen LogP contribution in [0.2, 0.25) is 0 Å². The summed E-state index contributed by atoms with van der Waals surface area (Å²) in [5, 5.41) is 6.73. The molecule has 0 unspecified atom stereocenters. The molecule has 0 aliphatic carbocycles. The Morgan fingerprint density at radius 1 is 1.50 bits per heavy atom. The Balaban J connectivity index is 2.28. The predicted molar refractivity (Wildman–Crippen MR) is 62.6 cm³/mol. The van der Waals surface area contributed by atoms with Crippen LogP contribution in [0, 0.1) is 12.3 Å². The first-order valence-electron chi connectivity index (χ1n) is 5.15. The maximum atomic E-state index is 4.41. The molecule has 0 amide bonds. The summed E-state index contributed by atoms with van der Waals surface area (Å²) in [5.41, 5.74) is 1.56. The standard InChI is InChI=1S/C11H20N2S/c1-5-11(3,4)8-12-6-10-7-14-9(2)13-10/h7,12H,5-6,8H2,1-4H3. The molecule has 1 aromatic heterocycles. The topological polar surface area (TPSA) is 24.9 Å². The Kier molecular flexibility index (Phi) is 4.08. The minimum atomic E-state index is 0.394. The molecule has 1 heterocycles. The van der Waals surface area contributed by atoms with E-state index in [4.69, 9.17) is 0 Å². The van der Waals surface area contributed by atoms with Crippen molar-refractivity contribution in [1.82, 2.24) is 10.3 Å². The molecule has 80 valence electrons. The molecule has 0 aliphatic heterocycles. The van der Waals surface area contributed by atoms with Gasteiger partial charge in [-0.2, -0.15) is 0 Å². The van der Waals surface area contributed by atoms with Crippen LogP contribution in [0.3, 0.4) is 0 Å². The molecule has 2 nitrogen and oxygen atoms in total. The molecule has 1 N–H and O–H groups in total. The number of thiazole rings is 1. The van der Waals surface area contributed by atoms with Crippen molar-refractivity contribution in [3.63, 3.8) is 0 Å². The summed E-state index contributed by atoms with van der Waals surface area (Å²) >= 11 is 1.72. The highest BCUT2D eigenvalue weighted by molar-refractivity contribution is 7.09. The molecular weight excluding hydrogens is 192 g/mol. The van der Waals surface area contributed by atoms with Gasteiger partial charge in [0, 0.05) is 18.5 Å². The van der Waals surface area contributed by atoms with E-state index in [2.05, 4.69) is 36.5 Å². The molecule has 0 aliphatic rings. The highest BCUT2D eigenvalue weighted by atomic mass is 32.1. The summed E-state index contributed by atoms with van der Waals surface area (Å²) in [4.78, 5) is 4.41. The van der Waals surface area contributed by atoms with Crippen LogP contribution < -0.4 is 5.32 Å². The number of nitrogens with zero attached hydrogens (tertiary/aromatic N) is 1. The molecule has 0 aromatic carbocycles. The number of hydrogen-bond acceptors (Lipinski definition) is 3. The van der Waals surface area contributed by atoms with Crippen LogP contribution in [0.25, 0.3) is 0 Å². The van der Waals surface area contributed by atoms with Crippen LogP contribution in [-0.4, -0.2) is 11.5 Å². The monoisotopic (exact) mass is 212 g/mol.